The van der Waals surface area contributed by atoms with Gasteiger partial charge in [0.25, 0.3) is 5.69 Å². The Morgan fingerprint density at radius 2 is 1.93 bits per heavy atom. The average Bonchev–Trinajstić information content (AvgIpc) is 2.72. The number of benzene rings is 2. The first-order valence-electron chi connectivity index (χ1n) is 9.54. The lowest BCUT2D eigenvalue weighted by atomic mass is 10.1. The summed E-state index contributed by atoms with van der Waals surface area (Å²) in [5.74, 6) is 0.367. The topological polar surface area (TPSA) is 101 Å². The van der Waals surface area contributed by atoms with E-state index in [1.54, 1.807) is 36.2 Å². The second kappa shape index (κ2) is 9.13. The maximum atomic E-state index is 11.9. The maximum Gasteiger partial charge on any atom is 0.271 e. The number of nitrogens with zero attached hydrogens (tertiary/aromatic N) is 4. The van der Waals surface area contributed by atoms with E-state index in [-0.39, 0.29) is 17.6 Å². The van der Waals surface area contributed by atoms with Crippen LogP contribution >= 0.6 is 0 Å². The first kappa shape index (κ1) is 20.9. The number of amides is 1. The number of carbonyl (C=O) groups is 1. The zero-order valence-corrected chi connectivity index (χ0v) is 17.1. The van der Waals surface area contributed by atoms with Crippen LogP contribution in [0.1, 0.15) is 26.3 Å². The maximum absolute atomic E-state index is 11.9. The number of non-ortho nitro benzene ring substituents is 1. The molecule has 0 radical (unpaired) electrons. The Hall–Kier alpha value is -3.81. The van der Waals surface area contributed by atoms with E-state index in [1.807, 2.05) is 38.1 Å². The van der Waals surface area contributed by atoms with E-state index in [1.165, 1.54) is 12.1 Å². The van der Waals surface area contributed by atoms with Crippen molar-refractivity contribution in [3.63, 3.8) is 0 Å². The lowest BCUT2D eigenvalue weighted by Gasteiger charge is -2.25. The van der Waals surface area contributed by atoms with Crippen molar-refractivity contribution in [2.75, 3.05) is 5.32 Å². The molecule has 1 heterocycles. The summed E-state index contributed by atoms with van der Waals surface area (Å²) >= 11 is 0. The summed E-state index contributed by atoms with van der Waals surface area (Å²) in [6, 6.07) is 15.9. The van der Waals surface area contributed by atoms with E-state index >= 15 is 0 Å². The number of nitro benzene ring substituents is 1. The number of rotatable bonds is 7. The van der Waals surface area contributed by atoms with Gasteiger partial charge in [-0.25, -0.2) is 9.97 Å². The molecule has 1 amide bonds. The largest absolute Gasteiger partial charge is 0.336 e. The minimum absolute atomic E-state index is 0.0102. The van der Waals surface area contributed by atoms with E-state index in [4.69, 9.17) is 0 Å². The van der Waals surface area contributed by atoms with Gasteiger partial charge in [0.1, 0.15) is 0 Å². The first-order chi connectivity index (χ1) is 14.3. The van der Waals surface area contributed by atoms with Crippen molar-refractivity contribution in [3.8, 4) is 11.3 Å². The Bertz CT molecular complexity index is 1070. The SMILES string of the molecule is CC(=O)N(Cc1cccc(-c2ccnc(Nc3cccc([N+](=O)[O-])c3)n2)c1)C(C)C. The van der Waals surface area contributed by atoms with Gasteiger partial charge in [-0.1, -0.05) is 24.3 Å². The molecule has 1 aromatic heterocycles. The lowest BCUT2D eigenvalue weighted by Crippen LogP contribution is -2.34. The molecule has 0 saturated carbocycles. The molecule has 30 heavy (non-hydrogen) atoms. The normalized spacial score (nSPS) is 10.7. The van der Waals surface area contributed by atoms with Crippen molar-refractivity contribution < 1.29 is 9.72 Å². The van der Waals surface area contributed by atoms with Crippen LogP contribution in [0.15, 0.2) is 60.8 Å². The van der Waals surface area contributed by atoms with Crippen molar-refractivity contribution >= 4 is 23.2 Å². The summed E-state index contributed by atoms with van der Waals surface area (Å²) in [6.07, 6.45) is 1.63. The Labute approximate surface area is 174 Å². The zero-order valence-electron chi connectivity index (χ0n) is 17.1. The molecule has 0 aliphatic rings. The molecule has 0 unspecified atom stereocenters. The van der Waals surface area contributed by atoms with Gasteiger partial charge in [-0.3, -0.25) is 14.9 Å². The molecule has 0 saturated heterocycles. The summed E-state index contributed by atoms with van der Waals surface area (Å²) in [6.45, 7) is 6.06. The fourth-order valence-corrected chi connectivity index (χ4v) is 3.09. The highest BCUT2D eigenvalue weighted by Crippen LogP contribution is 2.23. The number of aromatic nitrogens is 2. The Kier molecular flexibility index (Phi) is 6.36. The minimum atomic E-state index is -0.449. The van der Waals surface area contributed by atoms with Crippen LogP contribution in [0.2, 0.25) is 0 Å². The van der Waals surface area contributed by atoms with Crippen molar-refractivity contribution in [3.05, 3.63) is 76.5 Å². The molecule has 2 aromatic carbocycles. The smallest absolute Gasteiger partial charge is 0.271 e. The summed E-state index contributed by atoms with van der Waals surface area (Å²) in [5.41, 5.74) is 3.12. The monoisotopic (exact) mass is 405 g/mol. The highest BCUT2D eigenvalue weighted by atomic mass is 16.6. The van der Waals surface area contributed by atoms with Crippen molar-refractivity contribution in [1.82, 2.24) is 14.9 Å². The van der Waals surface area contributed by atoms with Gasteiger partial charge >= 0.3 is 0 Å². The van der Waals surface area contributed by atoms with Crippen LogP contribution in [-0.2, 0) is 11.3 Å². The van der Waals surface area contributed by atoms with Crippen LogP contribution in [0, 0.1) is 10.1 Å². The standard InChI is InChI=1S/C22H23N5O3/c1-15(2)26(16(3)28)14-17-6-4-7-18(12-17)21-10-11-23-22(25-21)24-19-8-5-9-20(13-19)27(29)30/h4-13,15H,14H2,1-3H3,(H,23,24,25). The second-order valence-corrected chi connectivity index (χ2v) is 7.14. The average molecular weight is 405 g/mol. The van der Waals surface area contributed by atoms with E-state index in [0.717, 1.165) is 11.1 Å². The fraction of sp³-hybridized carbons (Fsp3) is 0.227. The van der Waals surface area contributed by atoms with Crippen LogP contribution in [0.4, 0.5) is 17.3 Å². The van der Waals surface area contributed by atoms with Gasteiger partial charge in [0.15, 0.2) is 0 Å². The van der Waals surface area contributed by atoms with Crippen LogP contribution in [0.3, 0.4) is 0 Å². The number of hydrogen-bond donors (Lipinski definition) is 1. The van der Waals surface area contributed by atoms with E-state index in [2.05, 4.69) is 15.3 Å². The van der Waals surface area contributed by atoms with E-state index in [9.17, 15) is 14.9 Å². The summed E-state index contributed by atoms with van der Waals surface area (Å²) < 4.78 is 0. The van der Waals surface area contributed by atoms with Gasteiger partial charge in [-0.15, -0.1) is 0 Å². The third-order valence-corrected chi connectivity index (χ3v) is 4.57. The predicted octanol–water partition coefficient (Wildman–Crippen LogP) is 4.55. The van der Waals surface area contributed by atoms with Crippen molar-refractivity contribution in [2.45, 2.75) is 33.4 Å². The predicted molar refractivity (Wildman–Crippen MR) is 115 cm³/mol. The zero-order chi connectivity index (χ0) is 21.7. The number of carbonyl (C=O) groups excluding carboxylic acids is 1. The lowest BCUT2D eigenvalue weighted by molar-refractivity contribution is -0.384. The third kappa shape index (κ3) is 5.16. The van der Waals surface area contributed by atoms with Crippen LogP contribution in [0.25, 0.3) is 11.3 Å². The quantitative estimate of drug-likeness (QED) is 0.457. The van der Waals surface area contributed by atoms with E-state index < -0.39 is 4.92 Å². The molecule has 154 valence electrons. The molecule has 0 fully saturated rings. The molecule has 8 heteroatoms. The summed E-state index contributed by atoms with van der Waals surface area (Å²) in [4.78, 5) is 32.9. The number of nitro groups is 1. The molecule has 0 aliphatic carbocycles. The molecular weight excluding hydrogens is 382 g/mol. The minimum Gasteiger partial charge on any atom is -0.336 e. The molecule has 1 N–H and O–H groups in total. The van der Waals surface area contributed by atoms with Gasteiger partial charge in [0.05, 0.1) is 10.6 Å². The second-order valence-electron chi connectivity index (χ2n) is 7.14. The highest BCUT2D eigenvalue weighted by Gasteiger charge is 2.14. The highest BCUT2D eigenvalue weighted by molar-refractivity contribution is 5.73. The number of hydrogen-bond acceptors (Lipinski definition) is 6. The number of anilines is 2. The van der Waals surface area contributed by atoms with Gasteiger partial charge in [0.2, 0.25) is 11.9 Å². The summed E-state index contributed by atoms with van der Waals surface area (Å²) in [7, 11) is 0. The third-order valence-electron chi connectivity index (χ3n) is 4.57. The van der Waals surface area contributed by atoms with Gasteiger partial charge in [-0.05, 0) is 37.6 Å². The van der Waals surface area contributed by atoms with Crippen LogP contribution < -0.4 is 5.32 Å². The molecule has 0 aliphatic heterocycles. The molecular formula is C22H23N5O3. The Morgan fingerprint density at radius 1 is 1.17 bits per heavy atom. The molecule has 0 bridgehead atoms. The van der Waals surface area contributed by atoms with Gasteiger partial charge < -0.3 is 10.2 Å². The van der Waals surface area contributed by atoms with Crippen LogP contribution in [0.5, 0.6) is 0 Å². The molecule has 3 rings (SSSR count). The molecule has 3 aromatic rings. The number of nitrogens with one attached hydrogen (secondary N) is 1. The van der Waals surface area contributed by atoms with Crippen molar-refractivity contribution in [1.29, 1.82) is 0 Å². The summed E-state index contributed by atoms with van der Waals surface area (Å²) in [5, 5.41) is 14.0. The van der Waals surface area contributed by atoms with Crippen molar-refractivity contribution in [2.24, 2.45) is 0 Å². The van der Waals surface area contributed by atoms with Gasteiger partial charge in [-0.2, -0.15) is 0 Å². The van der Waals surface area contributed by atoms with E-state index in [0.29, 0.717) is 23.9 Å². The molecule has 0 atom stereocenters. The van der Waals surface area contributed by atoms with Crippen LogP contribution in [-0.4, -0.2) is 31.7 Å². The molecule has 0 spiro atoms. The van der Waals surface area contributed by atoms with Gasteiger partial charge in [0, 0.05) is 49.1 Å². The Morgan fingerprint density at radius 3 is 2.63 bits per heavy atom. The molecule has 8 nitrogen and oxygen atoms in total. The Balaban J connectivity index is 1.83. The first-order valence-corrected chi connectivity index (χ1v) is 9.54. The fourth-order valence-electron chi connectivity index (χ4n) is 3.09.